The van der Waals surface area contributed by atoms with E-state index >= 15 is 0 Å². The first-order valence-corrected chi connectivity index (χ1v) is 12.1. The molecule has 3 rings (SSSR count). The molecule has 0 N–H and O–H groups in total. The van der Waals surface area contributed by atoms with Crippen molar-refractivity contribution in [1.82, 2.24) is 9.80 Å². The molecular formula is C27H32N2O3S. The van der Waals surface area contributed by atoms with Crippen LogP contribution in [-0.2, 0) is 29.0 Å². The van der Waals surface area contributed by atoms with Crippen LogP contribution in [0.15, 0.2) is 66.7 Å². The molecule has 0 saturated carbocycles. The molecule has 0 unspecified atom stereocenters. The van der Waals surface area contributed by atoms with Crippen molar-refractivity contribution in [3.05, 3.63) is 93.2 Å². The number of methoxy groups -OCH3 is 1. The summed E-state index contributed by atoms with van der Waals surface area (Å²) in [4.78, 5) is 32.4. The Morgan fingerprint density at radius 2 is 1.61 bits per heavy atom. The van der Waals surface area contributed by atoms with Gasteiger partial charge in [0, 0.05) is 35.5 Å². The van der Waals surface area contributed by atoms with Crippen molar-refractivity contribution in [1.29, 1.82) is 0 Å². The van der Waals surface area contributed by atoms with Crippen molar-refractivity contribution in [3.63, 3.8) is 0 Å². The van der Waals surface area contributed by atoms with Crippen LogP contribution in [0.25, 0.3) is 0 Å². The van der Waals surface area contributed by atoms with Gasteiger partial charge in [-0.25, -0.2) is 0 Å². The van der Waals surface area contributed by atoms with Gasteiger partial charge in [-0.2, -0.15) is 0 Å². The zero-order valence-corrected chi connectivity index (χ0v) is 20.4. The third kappa shape index (κ3) is 7.27. The zero-order valence-electron chi connectivity index (χ0n) is 19.6. The van der Waals surface area contributed by atoms with E-state index in [1.807, 2.05) is 59.5 Å². The van der Waals surface area contributed by atoms with Crippen LogP contribution in [0.5, 0.6) is 0 Å². The average molecular weight is 465 g/mol. The number of amides is 2. The number of ether oxygens (including phenoxy) is 1. The number of hydrogen-bond acceptors (Lipinski definition) is 4. The predicted octanol–water partition coefficient (Wildman–Crippen LogP) is 4.94. The first kappa shape index (κ1) is 24.7. The quantitative estimate of drug-likeness (QED) is 0.404. The number of nitrogens with zero attached hydrogens (tertiary/aromatic N) is 2. The molecule has 0 fully saturated rings. The Balaban J connectivity index is 1.79. The maximum absolute atomic E-state index is 13.5. The molecule has 0 radical (unpaired) electrons. The van der Waals surface area contributed by atoms with Gasteiger partial charge in [-0.15, -0.1) is 11.3 Å². The topological polar surface area (TPSA) is 49.9 Å². The summed E-state index contributed by atoms with van der Waals surface area (Å²) in [6, 6.07) is 21.7. The molecule has 2 aromatic carbocycles. The fraction of sp³-hybridized carbons (Fsp3) is 0.333. The molecule has 2 amide bonds. The smallest absolute Gasteiger partial charge is 0.254 e. The molecule has 0 aliphatic rings. The number of benzene rings is 2. The van der Waals surface area contributed by atoms with Gasteiger partial charge in [0.25, 0.3) is 5.91 Å². The summed E-state index contributed by atoms with van der Waals surface area (Å²) in [5.41, 5.74) is 2.81. The van der Waals surface area contributed by atoms with Crippen LogP contribution >= 0.6 is 11.3 Å². The van der Waals surface area contributed by atoms with Crippen LogP contribution in [-0.4, -0.2) is 48.4 Å². The van der Waals surface area contributed by atoms with Crippen molar-refractivity contribution in [2.45, 2.75) is 33.4 Å². The van der Waals surface area contributed by atoms with E-state index in [1.165, 1.54) is 10.4 Å². The lowest BCUT2D eigenvalue weighted by atomic mass is 10.1. The van der Waals surface area contributed by atoms with Gasteiger partial charge in [-0.3, -0.25) is 9.59 Å². The van der Waals surface area contributed by atoms with E-state index in [0.29, 0.717) is 31.8 Å². The second kappa shape index (κ2) is 12.3. The summed E-state index contributed by atoms with van der Waals surface area (Å²) < 4.78 is 5.21. The minimum absolute atomic E-state index is 0.00884. The lowest BCUT2D eigenvalue weighted by molar-refractivity contribution is -0.133. The van der Waals surface area contributed by atoms with Crippen molar-refractivity contribution in [3.8, 4) is 0 Å². The van der Waals surface area contributed by atoms with Gasteiger partial charge in [0.15, 0.2) is 0 Å². The van der Waals surface area contributed by atoms with E-state index < -0.39 is 0 Å². The highest BCUT2D eigenvalue weighted by Crippen LogP contribution is 2.19. The molecule has 0 atom stereocenters. The summed E-state index contributed by atoms with van der Waals surface area (Å²) >= 11 is 1.69. The summed E-state index contributed by atoms with van der Waals surface area (Å²) in [5.74, 6) is -0.241. The molecule has 0 spiro atoms. The van der Waals surface area contributed by atoms with Crippen LogP contribution < -0.4 is 0 Å². The largest absolute Gasteiger partial charge is 0.383 e. The Kier molecular flexibility index (Phi) is 9.22. The maximum atomic E-state index is 13.5. The van der Waals surface area contributed by atoms with E-state index in [2.05, 4.69) is 26.0 Å². The Morgan fingerprint density at radius 3 is 2.21 bits per heavy atom. The van der Waals surface area contributed by atoms with Crippen molar-refractivity contribution < 1.29 is 14.3 Å². The molecule has 1 aromatic heterocycles. The normalized spacial score (nSPS) is 10.8. The van der Waals surface area contributed by atoms with E-state index in [4.69, 9.17) is 4.74 Å². The summed E-state index contributed by atoms with van der Waals surface area (Å²) in [7, 11) is 1.60. The lowest BCUT2D eigenvalue weighted by Crippen LogP contribution is -2.43. The Hall–Kier alpha value is -2.96. The van der Waals surface area contributed by atoms with Crippen LogP contribution in [0.1, 0.15) is 38.2 Å². The molecule has 1 heterocycles. The SMILES string of the molecule is CCc1ccc(C(=O)N(CCOC)CC(=O)N(Cc2ccccc2)Cc2ccc(C)s2)cc1. The molecule has 0 aliphatic carbocycles. The van der Waals surface area contributed by atoms with Crippen LogP contribution in [0.4, 0.5) is 0 Å². The average Bonchev–Trinajstić information content (AvgIpc) is 3.26. The van der Waals surface area contributed by atoms with Crippen LogP contribution in [0, 0.1) is 6.92 Å². The molecule has 33 heavy (non-hydrogen) atoms. The minimum atomic E-state index is -0.158. The maximum Gasteiger partial charge on any atom is 0.254 e. The standard InChI is InChI=1S/C27H32N2O3S/c1-4-22-11-13-24(14-12-22)27(31)28(16-17-32-3)20-26(30)29(18-23-8-6-5-7-9-23)19-25-15-10-21(2)33-25/h5-15H,4,16-20H2,1-3H3. The van der Waals surface area contributed by atoms with Gasteiger partial charge < -0.3 is 14.5 Å². The first-order chi connectivity index (χ1) is 16.0. The molecule has 174 valence electrons. The van der Waals surface area contributed by atoms with Gasteiger partial charge in [0.05, 0.1) is 13.2 Å². The Labute approximate surface area is 200 Å². The number of thiophene rings is 1. The molecule has 5 nitrogen and oxygen atoms in total. The summed E-state index contributed by atoms with van der Waals surface area (Å²) in [6.07, 6.45) is 0.914. The van der Waals surface area contributed by atoms with Crippen LogP contribution in [0.3, 0.4) is 0 Å². The highest BCUT2D eigenvalue weighted by molar-refractivity contribution is 7.11. The first-order valence-electron chi connectivity index (χ1n) is 11.2. The molecule has 3 aromatic rings. The Bertz CT molecular complexity index is 1030. The van der Waals surface area contributed by atoms with Gasteiger partial charge in [-0.05, 0) is 48.7 Å². The molecular weight excluding hydrogens is 432 g/mol. The summed E-state index contributed by atoms with van der Waals surface area (Å²) in [5, 5.41) is 0. The third-order valence-corrected chi connectivity index (χ3v) is 6.48. The number of carbonyl (C=O) groups is 2. The third-order valence-electron chi connectivity index (χ3n) is 5.50. The van der Waals surface area contributed by atoms with E-state index in [0.717, 1.165) is 16.9 Å². The molecule has 6 heteroatoms. The molecule has 0 aliphatic heterocycles. The van der Waals surface area contributed by atoms with Gasteiger partial charge in [0.1, 0.15) is 6.54 Å². The van der Waals surface area contributed by atoms with Crippen molar-refractivity contribution >= 4 is 23.2 Å². The van der Waals surface area contributed by atoms with Gasteiger partial charge in [-0.1, -0.05) is 49.4 Å². The lowest BCUT2D eigenvalue weighted by Gasteiger charge is -2.27. The number of carbonyl (C=O) groups excluding carboxylic acids is 2. The highest BCUT2D eigenvalue weighted by atomic mass is 32.1. The number of hydrogen-bond donors (Lipinski definition) is 0. The summed E-state index contributed by atoms with van der Waals surface area (Å²) in [6.45, 7) is 5.89. The highest BCUT2D eigenvalue weighted by Gasteiger charge is 2.23. The zero-order chi connectivity index (χ0) is 23.6. The molecule has 0 saturated heterocycles. The Morgan fingerprint density at radius 1 is 0.879 bits per heavy atom. The fourth-order valence-electron chi connectivity index (χ4n) is 3.58. The second-order valence-corrected chi connectivity index (χ2v) is 9.39. The van der Waals surface area contributed by atoms with E-state index in [1.54, 1.807) is 23.3 Å². The van der Waals surface area contributed by atoms with Crippen molar-refractivity contribution in [2.24, 2.45) is 0 Å². The second-order valence-electron chi connectivity index (χ2n) is 8.02. The van der Waals surface area contributed by atoms with Crippen LogP contribution in [0.2, 0.25) is 0 Å². The predicted molar refractivity (Wildman–Crippen MR) is 133 cm³/mol. The van der Waals surface area contributed by atoms with E-state index in [9.17, 15) is 9.59 Å². The number of aryl methyl sites for hydroxylation is 2. The molecule has 0 bridgehead atoms. The monoisotopic (exact) mass is 464 g/mol. The minimum Gasteiger partial charge on any atom is -0.383 e. The van der Waals surface area contributed by atoms with Gasteiger partial charge >= 0.3 is 0 Å². The van der Waals surface area contributed by atoms with E-state index in [-0.39, 0.29) is 18.4 Å². The number of rotatable bonds is 11. The van der Waals surface area contributed by atoms with Crippen molar-refractivity contribution in [2.75, 3.05) is 26.8 Å². The fourth-order valence-corrected chi connectivity index (χ4v) is 4.48. The van der Waals surface area contributed by atoms with Gasteiger partial charge in [0.2, 0.25) is 5.91 Å².